The Balaban J connectivity index is 0.00000208. The highest BCUT2D eigenvalue weighted by molar-refractivity contribution is 14.0. The predicted octanol–water partition coefficient (Wildman–Crippen LogP) is 3.32. The fourth-order valence-electron chi connectivity index (χ4n) is 2.58. The van der Waals surface area contributed by atoms with Gasteiger partial charge in [0.15, 0.2) is 5.96 Å². The van der Waals surface area contributed by atoms with E-state index in [-0.39, 0.29) is 30.0 Å². The number of hydrogen-bond acceptors (Lipinski definition) is 3. The minimum Gasteiger partial charge on any atom is -0.493 e. The Morgan fingerprint density at radius 3 is 2.96 bits per heavy atom. The van der Waals surface area contributed by atoms with Crippen LogP contribution >= 0.6 is 35.6 Å². The van der Waals surface area contributed by atoms with Crippen LogP contribution in [0.1, 0.15) is 23.6 Å². The smallest absolute Gasteiger partial charge is 0.189 e. The van der Waals surface area contributed by atoms with E-state index in [0.29, 0.717) is 24.3 Å². The van der Waals surface area contributed by atoms with Gasteiger partial charge >= 0.3 is 0 Å². The molecule has 0 bridgehead atoms. The van der Waals surface area contributed by atoms with Crippen LogP contribution in [0.5, 0.6) is 5.75 Å². The first-order valence-corrected chi connectivity index (χ1v) is 7.99. The number of ether oxygens (including phenoxy) is 1. The summed E-state index contributed by atoms with van der Waals surface area (Å²) in [5.74, 6) is 1.37. The molecule has 7 heteroatoms. The van der Waals surface area contributed by atoms with Crippen molar-refractivity contribution in [3.63, 3.8) is 0 Å². The van der Waals surface area contributed by atoms with Crippen LogP contribution in [0.4, 0.5) is 0 Å². The SMILES string of the molecule is I.NC(=NCCc1ccc(Cl)nc1)NC1CCOc2ccccc21. The van der Waals surface area contributed by atoms with Gasteiger partial charge in [0.05, 0.1) is 12.6 Å². The molecule has 0 fully saturated rings. The van der Waals surface area contributed by atoms with Crippen LogP contribution in [0.15, 0.2) is 47.6 Å². The minimum atomic E-state index is 0. The van der Waals surface area contributed by atoms with E-state index in [4.69, 9.17) is 22.1 Å². The van der Waals surface area contributed by atoms with Crippen molar-refractivity contribution < 1.29 is 4.74 Å². The number of fused-ring (bicyclic) bond motifs is 1. The third-order valence-electron chi connectivity index (χ3n) is 3.75. The summed E-state index contributed by atoms with van der Waals surface area (Å²) in [5, 5.41) is 3.78. The van der Waals surface area contributed by atoms with E-state index in [1.807, 2.05) is 24.3 Å². The van der Waals surface area contributed by atoms with Crippen molar-refractivity contribution >= 4 is 41.5 Å². The number of guanidine groups is 1. The van der Waals surface area contributed by atoms with Gasteiger partial charge in [-0.05, 0) is 24.1 Å². The summed E-state index contributed by atoms with van der Waals surface area (Å²) in [4.78, 5) is 8.44. The number of nitrogens with one attached hydrogen (secondary N) is 1. The van der Waals surface area contributed by atoms with Gasteiger partial charge in [-0.15, -0.1) is 24.0 Å². The summed E-state index contributed by atoms with van der Waals surface area (Å²) < 4.78 is 5.65. The van der Waals surface area contributed by atoms with Crippen LogP contribution < -0.4 is 15.8 Å². The maximum absolute atomic E-state index is 6.01. The lowest BCUT2D eigenvalue weighted by molar-refractivity contribution is 0.262. The van der Waals surface area contributed by atoms with Gasteiger partial charge in [-0.2, -0.15) is 0 Å². The second-order valence-electron chi connectivity index (χ2n) is 5.38. The van der Waals surface area contributed by atoms with Crippen molar-refractivity contribution in [2.45, 2.75) is 18.9 Å². The van der Waals surface area contributed by atoms with Crippen LogP contribution in [0, 0.1) is 0 Å². The Kier molecular flexibility index (Phi) is 7.11. The highest BCUT2D eigenvalue weighted by atomic mass is 127. The monoisotopic (exact) mass is 458 g/mol. The van der Waals surface area contributed by atoms with Crippen LogP contribution in [0.3, 0.4) is 0 Å². The fraction of sp³-hybridized carbons (Fsp3) is 0.294. The molecule has 1 atom stereocenters. The lowest BCUT2D eigenvalue weighted by atomic mass is 10.0. The molecular weight excluding hydrogens is 439 g/mol. The number of pyridine rings is 1. The molecular formula is C17H20ClIN4O. The Bertz CT molecular complexity index is 693. The van der Waals surface area contributed by atoms with Gasteiger partial charge < -0.3 is 15.8 Å². The van der Waals surface area contributed by atoms with Crippen molar-refractivity contribution in [1.29, 1.82) is 0 Å². The van der Waals surface area contributed by atoms with E-state index in [1.54, 1.807) is 12.3 Å². The average Bonchev–Trinajstić information content (AvgIpc) is 2.57. The number of hydrogen-bond donors (Lipinski definition) is 2. The van der Waals surface area contributed by atoms with Gasteiger partial charge in [0, 0.05) is 24.7 Å². The molecule has 0 saturated carbocycles. The zero-order valence-electron chi connectivity index (χ0n) is 13.1. The molecule has 24 heavy (non-hydrogen) atoms. The molecule has 0 amide bonds. The van der Waals surface area contributed by atoms with E-state index in [9.17, 15) is 0 Å². The van der Waals surface area contributed by atoms with Gasteiger partial charge in [-0.1, -0.05) is 35.9 Å². The van der Waals surface area contributed by atoms with Gasteiger partial charge in [-0.25, -0.2) is 4.98 Å². The maximum atomic E-state index is 6.01. The van der Waals surface area contributed by atoms with Gasteiger partial charge in [0.25, 0.3) is 0 Å². The Labute approximate surface area is 163 Å². The maximum Gasteiger partial charge on any atom is 0.189 e. The highest BCUT2D eigenvalue weighted by Crippen LogP contribution is 2.31. The Hall–Kier alpha value is -1.54. The summed E-state index contributed by atoms with van der Waals surface area (Å²) in [5.41, 5.74) is 8.22. The van der Waals surface area contributed by atoms with Crippen molar-refractivity contribution in [2.75, 3.05) is 13.2 Å². The number of para-hydroxylation sites is 1. The lowest BCUT2D eigenvalue weighted by Gasteiger charge is -2.26. The average molecular weight is 459 g/mol. The molecule has 2 heterocycles. The molecule has 3 rings (SSSR count). The topological polar surface area (TPSA) is 72.5 Å². The molecule has 1 unspecified atom stereocenters. The van der Waals surface area contributed by atoms with Crippen molar-refractivity contribution in [1.82, 2.24) is 10.3 Å². The summed E-state index contributed by atoms with van der Waals surface area (Å²) in [6.07, 6.45) is 3.40. The van der Waals surface area contributed by atoms with E-state index in [1.165, 1.54) is 0 Å². The number of aliphatic imine (C=N–C) groups is 1. The summed E-state index contributed by atoms with van der Waals surface area (Å²) in [7, 11) is 0. The molecule has 1 aromatic heterocycles. The number of halogens is 2. The lowest BCUT2D eigenvalue weighted by Crippen LogP contribution is -2.37. The second kappa shape index (κ2) is 9.08. The first kappa shape index (κ1) is 18.8. The van der Waals surface area contributed by atoms with Crippen LogP contribution in [-0.2, 0) is 6.42 Å². The minimum absolute atomic E-state index is 0. The van der Waals surface area contributed by atoms with Gasteiger partial charge in [0.2, 0.25) is 0 Å². The molecule has 5 nitrogen and oxygen atoms in total. The molecule has 0 saturated heterocycles. The zero-order valence-corrected chi connectivity index (χ0v) is 16.2. The molecule has 0 spiro atoms. The number of aromatic nitrogens is 1. The third kappa shape index (κ3) is 4.98. The van der Waals surface area contributed by atoms with Crippen LogP contribution in [0.2, 0.25) is 5.15 Å². The molecule has 0 aliphatic carbocycles. The molecule has 2 aromatic rings. The van der Waals surface area contributed by atoms with Crippen LogP contribution in [0.25, 0.3) is 0 Å². The van der Waals surface area contributed by atoms with Gasteiger partial charge in [-0.3, -0.25) is 4.99 Å². The second-order valence-corrected chi connectivity index (χ2v) is 5.77. The first-order valence-electron chi connectivity index (χ1n) is 7.61. The predicted molar refractivity (Wildman–Crippen MR) is 107 cm³/mol. The standard InChI is InChI=1S/C17H19ClN4O.HI/c18-16-6-5-12(11-21-16)7-9-20-17(19)22-14-8-10-23-15-4-2-1-3-13(14)15;/h1-6,11,14H,7-10H2,(H3,19,20,22);1H. The Morgan fingerprint density at radius 2 is 2.17 bits per heavy atom. The fourth-order valence-corrected chi connectivity index (χ4v) is 2.69. The van der Waals surface area contributed by atoms with Crippen molar-refractivity contribution in [3.8, 4) is 5.75 Å². The number of benzene rings is 1. The molecule has 1 aromatic carbocycles. The quantitative estimate of drug-likeness (QED) is 0.319. The molecule has 1 aliphatic rings. The van der Waals surface area contributed by atoms with Crippen LogP contribution in [-0.4, -0.2) is 24.1 Å². The molecule has 1 aliphatic heterocycles. The molecule has 128 valence electrons. The summed E-state index contributed by atoms with van der Waals surface area (Å²) in [6.45, 7) is 1.28. The third-order valence-corrected chi connectivity index (χ3v) is 3.98. The van der Waals surface area contributed by atoms with E-state index >= 15 is 0 Å². The number of rotatable bonds is 4. The largest absolute Gasteiger partial charge is 0.493 e. The zero-order chi connectivity index (χ0) is 16.1. The van der Waals surface area contributed by atoms with Gasteiger partial charge in [0.1, 0.15) is 10.9 Å². The van der Waals surface area contributed by atoms with E-state index < -0.39 is 0 Å². The first-order chi connectivity index (χ1) is 11.2. The van der Waals surface area contributed by atoms with E-state index in [2.05, 4.69) is 21.4 Å². The number of nitrogens with two attached hydrogens (primary N) is 1. The number of nitrogens with zero attached hydrogens (tertiary/aromatic N) is 2. The van der Waals surface area contributed by atoms with Crippen molar-refractivity contribution in [2.24, 2.45) is 10.7 Å². The van der Waals surface area contributed by atoms with E-state index in [0.717, 1.165) is 29.7 Å². The Morgan fingerprint density at radius 1 is 1.33 bits per heavy atom. The molecule has 3 N–H and O–H groups in total. The summed E-state index contributed by atoms with van der Waals surface area (Å²) in [6, 6.07) is 11.9. The van der Waals surface area contributed by atoms with Crippen molar-refractivity contribution in [3.05, 3.63) is 58.9 Å². The highest BCUT2D eigenvalue weighted by Gasteiger charge is 2.21. The molecule has 0 radical (unpaired) electrons. The normalized spacial score (nSPS) is 16.5. The summed E-state index contributed by atoms with van der Waals surface area (Å²) >= 11 is 5.77.